The topological polar surface area (TPSA) is 63.8 Å². The zero-order chi connectivity index (χ0) is 12.7. The highest BCUT2D eigenvalue weighted by molar-refractivity contribution is 5.88. The first-order valence-corrected chi connectivity index (χ1v) is 5.34. The van der Waals surface area contributed by atoms with E-state index >= 15 is 0 Å². The van der Waals surface area contributed by atoms with Crippen LogP contribution in [0.2, 0.25) is 0 Å². The number of aliphatic imine (C=N–C) groups is 1. The molecule has 5 nitrogen and oxygen atoms in total. The average Bonchev–Trinajstić information content (AvgIpc) is 2.33. The van der Waals surface area contributed by atoms with Crippen molar-refractivity contribution in [3.63, 3.8) is 0 Å². The Labute approximate surface area is 101 Å². The van der Waals surface area contributed by atoms with Gasteiger partial charge in [0.05, 0.1) is 25.9 Å². The summed E-state index contributed by atoms with van der Waals surface area (Å²) >= 11 is 0. The summed E-state index contributed by atoms with van der Waals surface area (Å²) in [6.45, 7) is 2.49. The fourth-order valence-corrected chi connectivity index (χ4v) is 1.46. The summed E-state index contributed by atoms with van der Waals surface area (Å²) in [5.74, 6) is 0.664. The van der Waals surface area contributed by atoms with Gasteiger partial charge in [0.1, 0.15) is 6.07 Å². The van der Waals surface area contributed by atoms with Crippen molar-refractivity contribution in [3.8, 4) is 6.07 Å². The maximum atomic E-state index is 9.08. The van der Waals surface area contributed by atoms with Gasteiger partial charge in [-0.15, -0.1) is 0 Å². The van der Waals surface area contributed by atoms with Crippen LogP contribution in [-0.2, 0) is 14.2 Å². The minimum atomic E-state index is -0.166. The summed E-state index contributed by atoms with van der Waals surface area (Å²) in [6, 6.07) is 2.08. The average molecular weight is 236 g/mol. The number of rotatable bonds is 3. The maximum absolute atomic E-state index is 9.08. The molecule has 0 saturated heterocycles. The smallest absolute Gasteiger partial charge is 0.230 e. The van der Waals surface area contributed by atoms with E-state index in [4.69, 9.17) is 19.5 Å². The molecule has 1 atom stereocenters. The fraction of sp³-hybridized carbons (Fsp3) is 0.500. The molecule has 5 heteroatoms. The van der Waals surface area contributed by atoms with E-state index in [2.05, 4.69) is 11.1 Å². The van der Waals surface area contributed by atoms with E-state index in [0.717, 1.165) is 0 Å². The van der Waals surface area contributed by atoms with Gasteiger partial charge in [-0.3, -0.25) is 0 Å². The Balaban J connectivity index is 3.09. The monoisotopic (exact) mass is 236 g/mol. The Kier molecular flexibility index (Phi) is 5.24. The van der Waals surface area contributed by atoms with Crippen LogP contribution in [0.4, 0.5) is 0 Å². The van der Waals surface area contributed by atoms with E-state index in [9.17, 15) is 0 Å². The summed E-state index contributed by atoms with van der Waals surface area (Å²) in [6.07, 6.45) is 3.83. The molecule has 1 rings (SSSR count). The van der Waals surface area contributed by atoms with E-state index in [0.29, 0.717) is 24.5 Å². The molecule has 0 amide bonds. The molecule has 0 N–H and O–H groups in total. The maximum Gasteiger partial charge on any atom is 0.230 e. The van der Waals surface area contributed by atoms with Crippen LogP contribution in [0, 0.1) is 11.3 Å². The molecular formula is C12H16N2O3. The van der Waals surface area contributed by atoms with Gasteiger partial charge in [-0.1, -0.05) is 6.08 Å². The molecule has 0 aromatic rings. The highest BCUT2D eigenvalue weighted by Crippen LogP contribution is 2.18. The molecule has 0 saturated carbocycles. The second-order valence-electron chi connectivity index (χ2n) is 3.31. The second kappa shape index (κ2) is 6.71. The zero-order valence-electron chi connectivity index (χ0n) is 10.3. The molecule has 1 heterocycles. The predicted octanol–water partition coefficient (Wildman–Crippen LogP) is 1.78. The van der Waals surface area contributed by atoms with Crippen LogP contribution < -0.4 is 0 Å². The zero-order valence-corrected chi connectivity index (χ0v) is 10.3. The first-order chi connectivity index (χ1) is 8.24. The van der Waals surface area contributed by atoms with Crippen LogP contribution >= 0.6 is 0 Å². The largest absolute Gasteiger partial charge is 0.481 e. The third kappa shape index (κ3) is 3.61. The van der Waals surface area contributed by atoms with E-state index < -0.39 is 0 Å². The lowest BCUT2D eigenvalue weighted by Crippen LogP contribution is -2.15. The quantitative estimate of drug-likeness (QED) is 0.749. The van der Waals surface area contributed by atoms with Crippen LogP contribution in [0.25, 0.3) is 0 Å². The molecule has 0 radical (unpaired) electrons. The highest BCUT2D eigenvalue weighted by atomic mass is 16.5. The third-order valence-corrected chi connectivity index (χ3v) is 2.25. The molecule has 92 valence electrons. The van der Waals surface area contributed by atoms with Crippen molar-refractivity contribution < 1.29 is 14.2 Å². The molecule has 0 bridgehead atoms. The van der Waals surface area contributed by atoms with Crippen molar-refractivity contribution in [3.05, 3.63) is 23.6 Å². The van der Waals surface area contributed by atoms with Gasteiger partial charge >= 0.3 is 0 Å². The standard InChI is InChI=1S/C12H16N2O3/c1-4-17-10-5-6-11(15-2)14-12(16-3)9(7-10)8-13/h5-6,10H,4,7H2,1-3H3. The van der Waals surface area contributed by atoms with Gasteiger partial charge in [-0.05, 0) is 13.0 Å². The molecule has 0 aliphatic carbocycles. The van der Waals surface area contributed by atoms with Crippen LogP contribution in [0.3, 0.4) is 0 Å². The fourth-order valence-electron chi connectivity index (χ4n) is 1.46. The molecule has 0 fully saturated rings. The van der Waals surface area contributed by atoms with Gasteiger partial charge in [0.25, 0.3) is 0 Å². The summed E-state index contributed by atoms with van der Waals surface area (Å²) in [5, 5.41) is 9.08. The van der Waals surface area contributed by atoms with E-state index in [-0.39, 0.29) is 12.0 Å². The number of hydrogen-bond acceptors (Lipinski definition) is 5. The first kappa shape index (κ1) is 13.3. The van der Waals surface area contributed by atoms with Crippen molar-refractivity contribution in [1.29, 1.82) is 5.26 Å². The van der Waals surface area contributed by atoms with E-state index in [1.807, 2.05) is 13.0 Å². The van der Waals surface area contributed by atoms with E-state index in [1.165, 1.54) is 14.2 Å². The lowest BCUT2D eigenvalue weighted by molar-refractivity contribution is 0.0960. The van der Waals surface area contributed by atoms with Gasteiger partial charge in [0, 0.05) is 13.0 Å². The van der Waals surface area contributed by atoms with Crippen LogP contribution in [0.5, 0.6) is 0 Å². The Morgan fingerprint density at radius 2 is 2.24 bits per heavy atom. The Bertz CT molecular complexity index is 391. The molecule has 0 spiro atoms. The SMILES string of the molecule is CCOC1C=CC(OC)=NC(OC)=C(C#N)C1. The minimum absolute atomic E-state index is 0.166. The first-order valence-electron chi connectivity index (χ1n) is 5.34. The molecule has 1 aliphatic rings. The second-order valence-corrected chi connectivity index (χ2v) is 3.31. The van der Waals surface area contributed by atoms with Gasteiger partial charge in [-0.25, -0.2) is 0 Å². The summed E-state index contributed by atoms with van der Waals surface area (Å²) in [7, 11) is 2.99. The predicted molar refractivity (Wildman–Crippen MR) is 63.3 cm³/mol. The molecular weight excluding hydrogens is 220 g/mol. The molecule has 1 unspecified atom stereocenters. The number of nitriles is 1. The van der Waals surface area contributed by atoms with Crippen molar-refractivity contribution >= 4 is 5.90 Å². The number of ether oxygens (including phenoxy) is 3. The summed E-state index contributed by atoms with van der Waals surface area (Å²) in [4.78, 5) is 4.11. The molecule has 0 aromatic carbocycles. The van der Waals surface area contributed by atoms with Crippen molar-refractivity contribution in [2.45, 2.75) is 19.4 Å². The molecule has 17 heavy (non-hydrogen) atoms. The van der Waals surface area contributed by atoms with Crippen LogP contribution in [0.15, 0.2) is 28.6 Å². The summed E-state index contributed by atoms with van der Waals surface area (Å²) in [5.41, 5.74) is 0.449. The summed E-state index contributed by atoms with van der Waals surface area (Å²) < 4.78 is 15.6. The Hall–Kier alpha value is -1.80. The van der Waals surface area contributed by atoms with Crippen LogP contribution in [0.1, 0.15) is 13.3 Å². The highest BCUT2D eigenvalue weighted by Gasteiger charge is 2.16. The van der Waals surface area contributed by atoms with Crippen molar-refractivity contribution in [2.24, 2.45) is 4.99 Å². The van der Waals surface area contributed by atoms with Crippen LogP contribution in [-0.4, -0.2) is 32.8 Å². The van der Waals surface area contributed by atoms with Crippen molar-refractivity contribution in [1.82, 2.24) is 0 Å². The lowest BCUT2D eigenvalue weighted by Gasteiger charge is -2.15. The van der Waals surface area contributed by atoms with Gasteiger partial charge in [0.2, 0.25) is 11.8 Å². The minimum Gasteiger partial charge on any atom is -0.481 e. The number of methoxy groups -OCH3 is 2. The van der Waals surface area contributed by atoms with Crippen molar-refractivity contribution in [2.75, 3.05) is 20.8 Å². The van der Waals surface area contributed by atoms with E-state index in [1.54, 1.807) is 6.08 Å². The van der Waals surface area contributed by atoms with Gasteiger partial charge < -0.3 is 14.2 Å². The van der Waals surface area contributed by atoms with Gasteiger partial charge in [0.15, 0.2) is 0 Å². The number of hydrogen-bond donors (Lipinski definition) is 0. The van der Waals surface area contributed by atoms with Gasteiger partial charge in [-0.2, -0.15) is 10.3 Å². The number of nitrogens with zero attached hydrogens (tertiary/aromatic N) is 2. The lowest BCUT2D eigenvalue weighted by atomic mass is 10.1. The molecule has 0 aromatic heterocycles. The normalized spacial score (nSPS) is 20.1. The third-order valence-electron chi connectivity index (χ3n) is 2.25. The Morgan fingerprint density at radius 1 is 1.47 bits per heavy atom. The molecule has 1 aliphatic heterocycles. The Morgan fingerprint density at radius 3 is 2.76 bits per heavy atom.